The lowest BCUT2D eigenvalue weighted by Crippen LogP contribution is -2.13. The molecule has 1 aromatic heterocycles. The number of fused-ring (bicyclic) bond motifs is 2. The van der Waals surface area contributed by atoms with Gasteiger partial charge in [0.25, 0.3) is 5.91 Å². The van der Waals surface area contributed by atoms with Crippen molar-refractivity contribution >= 4 is 50.0 Å². The Bertz CT molecular complexity index is 1540. The number of carbonyl (C=O) groups excluding carboxylic acids is 1. The van der Waals surface area contributed by atoms with E-state index in [-0.39, 0.29) is 5.57 Å². The molecule has 0 spiro atoms. The molecule has 0 saturated carbocycles. The molecule has 0 aliphatic rings. The Labute approximate surface area is 201 Å². The van der Waals surface area contributed by atoms with Crippen molar-refractivity contribution in [2.24, 2.45) is 0 Å². The molecule has 0 bridgehead atoms. The first-order valence-electron chi connectivity index (χ1n) is 10.9. The zero-order valence-electron chi connectivity index (χ0n) is 18.6. The van der Waals surface area contributed by atoms with Gasteiger partial charge < -0.3 is 0 Å². The van der Waals surface area contributed by atoms with Crippen molar-refractivity contribution in [2.45, 2.75) is 13.3 Å². The van der Waals surface area contributed by atoms with Gasteiger partial charge in [0, 0.05) is 17.5 Å². The summed E-state index contributed by atoms with van der Waals surface area (Å²) in [6.45, 7) is 2.06. The van der Waals surface area contributed by atoms with E-state index < -0.39 is 5.91 Å². The quantitative estimate of drug-likeness (QED) is 0.177. The number of rotatable bonds is 5. The Morgan fingerprint density at radius 1 is 1.00 bits per heavy atom. The molecule has 5 heteroatoms. The van der Waals surface area contributed by atoms with Crippen LogP contribution in [0.2, 0.25) is 0 Å². The highest BCUT2D eigenvalue weighted by Crippen LogP contribution is 2.30. The molecule has 164 valence electrons. The van der Waals surface area contributed by atoms with Crippen LogP contribution in [0.5, 0.6) is 0 Å². The highest BCUT2D eigenvalue weighted by Gasteiger charge is 2.14. The van der Waals surface area contributed by atoms with Crippen molar-refractivity contribution in [1.29, 1.82) is 5.26 Å². The van der Waals surface area contributed by atoms with E-state index in [0.717, 1.165) is 38.4 Å². The minimum atomic E-state index is -0.462. The molecule has 0 unspecified atom stereocenters. The van der Waals surface area contributed by atoms with Gasteiger partial charge in [-0.05, 0) is 51.7 Å². The van der Waals surface area contributed by atoms with Gasteiger partial charge in [0.2, 0.25) is 0 Å². The number of anilines is 1. The number of benzene rings is 4. The summed E-state index contributed by atoms with van der Waals surface area (Å²) in [5.41, 5.74) is 3.31. The monoisotopic (exact) mass is 459 g/mol. The van der Waals surface area contributed by atoms with Gasteiger partial charge in [0.15, 0.2) is 5.13 Å². The van der Waals surface area contributed by atoms with Crippen molar-refractivity contribution in [1.82, 2.24) is 4.98 Å². The molecule has 0 saturated heterocycles. The Hall–Kier alpha value is -4.27. The van der Waals surface area contributed by atoms with E-state index in [2.05, 4.69) is 53.6 Å². The van der Waals surface area contributed by atoms with Crippen molar-refractivity contribution < 1.29 is 4.79 Å². The van der Waals surface area contributed by atoms with Gasteiger partial charge in [-0.15, -0.1) is 11.3 Å². The standard InChI is InChI=1S/C29H21N3OS/c1-19-10-12-20(13-11-19)14-24-18-31-29(34-24)32-28(33)23(17-30)16-27-25-8-4-2-6-21(25)15-22-7-3-5-9-26(22)27/h2-13,15-16,18H,14H2,1H3,(H,31,32,33). The van der Waals surface area contributed by atoms with Crippen molar-refractivity contribution in [3.05, 3.63) is 112 Å². The van der Waals surface area contributed by atoms with Crippen LogP contribution in [0.1, 0.15) is 21.6 Å². The van der Waals surface area contributed by atoms with Gasteiger partial charge in [-0.25, -0.2) is 4.98 Å². The van der Waals surface area contributed by atoms with E-state index in [1.807, 2.05) is 48.5 Å². The predicted molar refractivity (Wildman–Crippen MR) is 140 cm³/mol. The van der Waals surface area contributed by atoms with Crippen LogP contribution in [0.3, 0.4) is 0 Å². The first kappa shape index (κ1) is 21.6. The number of hydrogen-bond donors (Lipinski definition) is 1. The molecule has 0 aliphatic heterocycles. The van der Waals surface area contributed by atoms with Gasteiger partial charge in [0.05, 0.1) is 0 Å². The van der Waals surface area contributed by atoms with Gasteiger partial charge in [0.1, 0.15) is 11.6 Å². The molecule has 1 heterocycles. The summed E-state index contributed by atoms with van der Waals surface area (Å²) < 4.78 is 0. The number of aromatic nitrogens is 1. The fraction of sp³-hybridized carbons (Fsp3) is 0.0690. The van der Waals surface area contributed by atoms with E-state index in [9.17, 15) is 10.1 Å². The molecule has 1 amide bonds. The van der Waals surface area contributed by atoms with Crippen LogP contribution < -0.4 is 5.32 Å². The lowest BCUT2D eigenvalue weighted by Gasteiger charge is -2.09. The SMILES string of the molecule is Cc1ccc(Cc2cnc(NC(=O)C(C#N)=Cc3c4ccccc4cc4ccccc34)s2)cc1. The summed E-state index contributed by atoms with van der Waals surface area (Å²) in [4.78, 5) is 18.4. The Morgan fingerprint density at radius 2 is 1.65 bits per heavy atom. The Balaban J connectivity index is 1.44. The second-order valence-corrected chi connectivity index (χ2v) is 9.27. The van der Waals surface area contributed by atoms with Crippen LogP contribution in [-0.4, -0.2) is 10.9 Å². The number of thiazole rings is 1. The average molecular weight is 460 g/mol. The van der Waals surface area contributed by atoms with E-state index in [1.54, 1.807) is 12.3 Å². The first-order chi connectivity index (χ1) is 16.6. The van der Waals surface area contributed by atoms with Crippen LogP contribution in [0, 0.1) is 18.3 Å². The van der Waals surface area contributed by atoms with E-state index >= 15 is 0 Å². The van der Waals surface area contributed by atoms with Gasteiger partial charge in [-0.1, -0.05) is 78.4 Å². The Kier molecular flexibility index (Phi) is 5.90. The van der Waals surface area contributed by atoms with Crippen LogP contribution in [0.25, 0.3) is 27.6 Å². The zero-order chi connectivity index (χ0) is 23.5. The summed E-state index contributed by atoms with van der Waals surface area (Å²) in [5.74, 6) is -0.462. The molecule has 34 heavy (non-hydrogen) atoms. The third-order valence-corrected chi connectivity index (χ3v) is 6.65. The number of hydrogen-bond acceptors (Lipinski definition) is 4. The fourth-order valence-corrected chi connectivity index (χ4v) is 4.86. The molecular formula is C29H21N3OS. The largest absolute Gasteiger partial charge is 0.297 e. The lowest BCUT2D eigenvalue weighted by atomic mass is 9.95. The number of amides is 1. The highest BCUT2D eigenvalue weighted by atomic mass is 32.1. The van der Waals surface area contributed by atoms with Crippen LogP contribution in [0.15, 0.2) is 90.6 Å². The molecule has 5 aromatic rings. The first-order valence-corrected chi connectivity index (χ1v) is 11.8. The highest BCUT2D eigenvalue weighted by molar-refractivity contribution is 7.15. The maximum absolute atomic E-state index is 13.0. The summed E-state index contributed by atoms with van der Waals surface area (Å²) in [6, 6.07) is 28.6. The molecule has 4 aromatic carbocycles. The predicted octanol–water partition coefficient (Wildman–Crippen LogP) is 6.89. The van der Waals surface area contributed by atoms with E-state index in [0.29, 0.717) is 5.13 Å². The number of nitriles is 1. The van der Waals surface area contributed by atoms with E-state index in [1.165, 1.54) is 22.5 Å². The number of carbonyl (C=O) groups is 1. The van der Waals surface area contributed by atoms with Crippen molar-refractivity contribution in [3.63, 3.8) is 0 Å². The summed E-state index contributed by atoms with van der Waals surface area (Å²) >= 11 is 1.42. The zero-order valence-corrected chi connectivity index (χ0v) is 19.4. The fourth-order valence-electron chi connectivity index (χ4n) is 4.02. The average Bonchev–Trinajstić information content (AvgIpc) is 3.29. The smallest absolute Gasteiger partial charge is 0.268 e. The molecule has 1 N–H and O–H groups in total. The van der Waals surface area contributed by atoms with Crippen LogP contribution >= 0.6 is 11.3 Å². The number of nitrogens with zero attached hydrogens (tertiary/aromatic N) is 2. The summed E-state index contributed by atoms with van der Waals surface area (Å²) in [6.07, 6.45) is 4.20. The van der Waals surface area contributed by atoms with Crippen LogP contribution in [-0.2, 0) is 11.2 Å². The third kappa shape index (κ3) is 4.45. The second kappa shape index (κ2) is 9.30. The van der Waals surface area contributed by atoms with Crippen molar-refractivity contribution in [3.8, 4) is 6.07 Å². The molecule has 5 rings (SSSR count). The molecule has 0 fully saturated rings. The molecular weight excluding hydrogens is 438 g/mol. The summed E-state index contributed by atoms with van der Waals surface area (Å²) in [7, 11) is 0. The van der Waals surface area contributed by atoms with E-state index in [4.69, 9.17) is 0 Å². The maximum Gasteiger partial charge on any atom is 0.268 e. The topological polar surface area (TPSA) is 65.8 Å². The minimum Gasteiger partial charge on any atom is -0.297 e. The van der Waals surface area contributed by atoms with Gasteiger partial charge >= 0.3 is 0 Å². The molecule has 0 aliphatic carbocycles. The van der Waals surface area contributed by atoms with Crippen molar-refractivity contribution in [2.75, 3.05) is 5.32 Å². The number of aryl methyl sites for hydroxylation is 1. The number of nitrogens with one attached hydrogen (secondary N) is 1. The second-order valence-electron chi connectivity index (χ2n) is 8.15. The third-order valence-electron chi connectivity index (χ3n) is 5.74. The lowest BCUT2D eigenvalue weighted by molar-refractivity contribution is -0.112. The molecule has 4 nitrogen and oxygen atoms in total. The Morgan fingerprint density at radius 3 is 2.29 bits per heavy atom. The minimum absolute atomic E-state index is 0.0387. The van der Waals surface area contributed by atoms with Gasteiger partial charge in [-0.3, -0.25) is 10.1 Å². The maximum atomic E-state index is 13.0. The van der Waals surface area contributed by atoms with Gasteiger partial charge in [-0.2, -0.15) is 5.26 Å². The molecule has 0 radical (unpaired) electrons. The normalized spacial score (nSPS) is 11.5. The van der Waals surface area contributed by atoms with Crippen LogP contribution in [0.4, 0.5) is 5.13 Å². The summed E-state index contributed by atoms with van der Waals surface area (Å²) in [5, 5.41) is 17.2. The molecule has 0 atom stereocenters.